The normalized spacial score (nSPS) is 19.0. The number of hydrogen-bond donors (Lipinski definition) is 2. The lowest BCUT2D eigenvalue weighted by Gasteiger charge is -2.25. The summed E-state index contributed by atoms with van der Waals surface area (Å²) >= 11 is 1.71. The molecule has 0 bridgehead atoms. The van der Waals surface area contributed by atoms with Crippen LogP contribution in [-0.4, -0.2) is 11.9 Å². The molecule has 1 heterocycles. The maximum Gasteiger partial charge on any atom is 0.237 e. The van der Waals surface area contributed by atoms with Gasteiger partial charge in [-0.2, -0.15) is 0 Å². The molecule has 2 atom stereocenters. The smallest absolute Gasteiger partial charge is 0.237 e. The van der Waals surface area contributed by atoms with Crippen molar-refractivity contribution in [2.75, 3.05) is 0 Å². The van der Waals surface area contributed by atoms with Crippen molar-refractivity contribution in [2.24, 2.45) is 11.7 Å². The average Bonchev–Trinajstić information content (AvgIpc) is 3.09. The van der Waals surface area contributed by atoms with Gasteiger partial charge in [-0.3, -0.25) is 4.79 Å². The molecule has 1 aromatic heterocycles. The molecular formula is C15H22N2OS. The summed E-state index contributed by atoms with van der Waals surface area (Å²) in [6.07, 6.45) is 7.13. The van der Waals surface area contributed by atoms with Crippen LogP contribution < -0.4 is 11.1 Å². The van der Waals surface area contributed by atoms with Crippen LogP contribution in [0.2, 0.25) is 0 Å². The molecule has 104 valence electrons. The third kappa shape index (κ3) is 3.67. The number of carbonyl (C=O) groups excluding carboxylic acids is 1. The molecule has 1 aliphatic carbocycles. The fraction of sp³-hybridized carbons (Fsp3) is 0.533. The number of nitrogens with two attached hydrogens (primary N) is 1. The van der Waals surface area contributed by atoms with Crippen LogP contribution in [0.4, 0.5) is 0 Å². The Hall–Kier alpha value is -1.13. The van der Waals surface area contributed by atoms with Crippen molar-refractivity contribution in [3.05, 3.63) is 35.0 Å². The van der Waals surface area contributed by atoms with Crippen LogP contribution >= 0.6 is 11.3 Å². The van der Waals surface area contributed by atoms with Gasteiger partial charge in [0.15, 0.2) is 0 Å². The van der Waals surface area contributed by atoms with Gasteiger partial charge in [-0.1, -0.05) is 25.0 Å². The molecule has 1 saturated carbocycles. The van der Waals surface area contributed by atoms with E-state index < -0.39 is 6.04 Å². The van der Waals surface area contributed by atoms with Gasteiger partial charge < -0.3 is 11.1 Å². The SMILES string of the molecule is C=CCC(N)C(=O)NC(c1cccs1)C1CCCC1. The largest absolute Gasteiger partial charge is 0.347 e. The maximum absolute atomic E-state index is 12.1. The molecule has 1 amide bonds. The minimum atomic E-state index is -0.485. The van der Waals surface area contributed by atoms with E-state index in [1.54, 1.807) is 17.4 Å². The predicted octanol–water partition coefficient (Wildman–Crippen LogP) is 3.00. The number of thiophene rings is 1. The van der Waals surface area contributed by atoms with Gasteiger partial charge >= 0.3 is 0 Å². The first-order valence-corrected chi connectivity index (χ1v) is 7.80. The first-order valence-electron chi connectivity index (χ1n) is 6.92. The first kappa shape index (κ1) is 14.3. The van der Waals surface area contributed by atoms with Crippen LogP contribution in [0.15, 0.2) is 30.2 Å². The number of rotatable bonds is 6. The summed E-state index contributed by atoms with van der Waals surface area (Å²) in [6, 6.07) is 3.79. The van der Waals surface area contributed by atoms with Gasteiger partial charge in [0.25, 0.3) is 0 Å². The molecule has 4 heteroatoms. The Kier molecular flexibility index (Phi) is 5.16. The topological polar surface area (TPSA) is 55.1 Å². The van der Waals surface area contributed by atoms with E-state index in [2.05, 4.69) is 23.3 Å². The number of amides is 1. The predicted molar refractivity (Wildman–Crippen MR) is 80.0 cm³/mol. The van der Waals surface area contributed by atoms with E-state index in [1.807, 2.05) is 6.07 Å². The minimum absolute atomic E-state index is 0.0646. The summed E-state index contributed by atoms with van der Waals surface area (Å²) in [4.78, 5) is 13.4. The molecule has 1 aromatic rings. The Morgan fingerprint density at radius 2 is 2.32 bits per heavy atom. The van der Waals surface area contributed by atoms with E-state index in [-0.39, 0.29) is 11.9 Å². The van der Waals surface area contributed by atoms with Crippen molar-refractivity contribution >= 4 is 17.2 Å². The summed E-state index contributed by atoms with van der Waals surface area (Å²) in [6.45, 7) is 3.63. The fourth-order valence-corrected chi connectivity index (χ4v) is 3.60. The highest BCUT2D eigenvalue weighted by Gasteiger charge is 2.29. The molecule has 2 rings (SSSR count). The summed E-state index contributed by atoms with van der Waals surface area (Å²) in [5, 5.41) is 5.21. The highest BCUT2D eigenvalue weighted by Crippen LogP contribution is 2.37. The quantitative estimate of drug-likeness (QED) is 0.786. The van der Waals surface area contributed by atoms with Gasteiger partial charge in [0, 0.05) is 4.88 Å². The van der Waals surface area contributed by atoms with Gasteiger partial charge in [0.2, 0.25) is 5.91 Å². The van der Waals surface area contributed by atoms with Crippen LogP contribution in [0.1, 0.15) is 43.0 Å². The number of nitrogens with one attached hydrogen (secondary N) is 1. The van der Waals surface area contributed by atoms with E-state index in [0.717, 1.165) is 0 Å². The zero-order valence-electron chi connectivity index (χ0n) is 11.2. The van der Waals surface area contributed by atoms with Crippen LogP contribution in [-0.2, 0) is 4.79 Å². The number of hydrogen-bond acceptors (Lipinski definition) is 3. The van der Waals surface area contributed by atoms with Gasteiger partial charge in [0.1, 0.15) is 0 Å². The highest BCUT2D eigenvalue weighted by atomic mass is 32.1. The lowest BCUT2D eigenvalue weighted by Crippen LogP contribution is -2.43. The van der Waals surface area contributed by atoms with E-state index >= 15 is 0 Å². The molecule has 19 heavy (non-hydrogen) atoms. The second-order valence-electron chi connectivity index (χ2n) is 5.18. The Bertz CT molecular complexity index is 410. The average molecular weight is 278 g/mol. The zero-order valence-corrected chi connectivity index (χ0v) is 12.0. The zero-order chi connectivity index (χ0) is 13.7. The van der Waals surface area contributed by atoms with Crippen LogP contribution in [0.5, 0.6) is 0 Å². The molecular weight excluding hydrogens is 256 g/mol. The Balaban J connectivity index is 2.05. The summed E-state index contributed by atoms with van der Waals surface area (Å²) in [5.41, 5.74) is 5.85. The third-order valence-corrected chi connectivity index (χ3v) is 4.73. The van der Waals surface area contributed by atoms with Crippen molar-refractivity contribution in [3.8, 4) is 0 Å². The van der Waals surface area contributed by atoms with Crippen molar-refractivity contribution in [2.45, 2.75) is 44.2 Å². The van der Waals surface area contributed by atoms with Crippen LogP contribution in [0, 0.1) is 5.92 Å². The summed E-state index contributed by atoms with van der Waals surface area (Å²) < 4.78 is 0. The Morgan fingerprint density at radius 1 is 1.58 bits per heavy atom. The lowest BCUT2D eigenvalue weighted by atomic mass is 9.96. The summed E-state index contributed by atoms with van der Waals surface area (Å²) in [7, 11) is 0. The van der Waals surface area contributed by atoms with Gasteiger partial charge in [0.05, 0.1) is 12.1 Å². The van der Waals surface area contributed by atoms with Crippen molar-refractivity contribution in [3.63, 3.8) is 0 Å². The number of carbonyl (C=O) groups is 1. The van der Waals surface area contributed by atoms with Crippen molar-refractivity contribution < 1.29 is 4.79 Å². The molecule has 1 aliphatic rings. The molecule has 0 saturated heterocycles. The fourth-order valence-electron chi connectivity index (χ4n) is 2.73. The second-order valence-corrected chi connectivity index (χ2v) is 6.16. The van der Waals surface area contributed by atoms with E-state index in [9.17, 15) is 4.79 Å². The van der Waals surface area contributed by atoms with Gasteiger partial charge in [-0.25, -0.2) is 0 Å². The monoisotopic (exact) mass is 278 g/mol. The highest BCUT2D eigenvalue weighted by molar-refractivity contribution is 7.10. The van der Waals surface area contributed by atoms with E-state index in [4.69, 9.17) is 5.73 Å². The first-order chi connectivity index (χ1) is 9.22. The Labute approximate surface area is 118 Å². The van der Waals surface area contributed by atoms with Gasteiger partial charge in [-0.15, -0.1) is 17.9 Å². The summed E-state index contributed by atoms with van der Waals surface area (Å²) in [5.74, 6) is 0.490. The molecule has 0 spiro atoms. The van der Waals surface area contributed by atoms with Gasteiger partial charge in [-0.05, 0) is 36.6 Å². The standard InChI is InChI=1S/C15H22N2OS/c1-2-6-12(16)15(18)17-14(11-7-3-4-8-11)13-9-5-10-19-13/h2,5,9-12,14H,1,3-4,6-8,16H2,(H,17,18). The molecule has 2 unspecified atom stereocenters. The van der Waals surface area contributed by atoms with E-state index in [1.165, 1.54) is 30.6 Å². The van der Waals surface area contributed by atoms with Crippen molar-refractivity contribution in [1.29, 1.82) is 0 Å². The van der Waals surface area contributed by atoms with E-state index in [0.29, 0.717) is 12.3 Å². The molecule has 0 aromatic carbocycles. The minimum Gasteiger partial charge on any atom is -0.347 e. The molecule has 1 fully saturated rings. The Morgan fingerprint density at radius 3 is 2.89 bits per heavy atom. The maximum atomic E-state index is 12.1. The lowest BCUT2D eigenvalue weighted by molar-refractivity contribution is -0.123. The molecule has 3 N–H and O–H groups in total. The second kappa shape index (κ2) is 6.87. The van der Waals surface area contributed by atoms with Crippen molar-refractivity contribution in [1.82, 2.24) is 5.32 Å². The van der Waals surface area contributed by atoms with Crippen LogP contribution in [0.3, 0.4) is 0 Å². The molecule has 0 aliphatic heterocycles. The molecule has 3 nitrogen and oxygen atoms in total. The third-order valence-electron chi connectivity index (χ3n) is 3.78. The molecule has 0 radical (unpaired) electrons. The van der Waals surface area contributed by atoms with Crippen LogP contribution in [0.25, 0.3) is 0 Å².